The molecule has 0 bridgehead atoms. The van der Waals surface area contributed by atoms with Crippen LogP contribution in [-0.4, -0.2) is 35.3 Å². The molecular weight excluding hydrogens is 396 g/mol. The minimum Gasteiger partial charge on any atom is -0.497 e. The lowest BCUT2D eigenvalue weighted by Gasteiger charge is -2.23. The monoisotopic (exact) mass is 414 g/mol. The van der Waals surface area contributed by atoms with Crippen LogP contribution in [0.3, 0.4) is 0 Å². The zero-order valence-corrected chi connectivity index (χ0v) is 16.0. The SMILES string of the molecule is COc1cccc(N2CCO[C@@H]2c2cn(Cc3cccc(Br)c3)nn2)c1. The first-order valence-electron chi connectivity index (χ1n) is 8.40. The Morgan fingerprint density at radius 2 is 2.12 bits per heavy atom. The molecule has 1 aromatic heterocycles. The fourth-order valence-electron chi connectivity index (χ4n) is 3.09. The third-order valence-electron chi connectivity index (χ3n) is 4.32. The molecule has 1 fully saturated rings. The van der Waals surface area contributed by atoms with Crippen molar-refractivity contribution in [1.29, 1.82) is 0 Å². The smallest absolute Gasteiger partial charge is 0.177 e. The highest BCUT2D eigenvalue weighted by atomic mass is 79.9. The summed E-state index contributed by atoms with van der Waals surface area (Å²) in [6, 6.07) is 16.1. The molecule has 134 valence electrons. The molecule has 0 N–H and O–H groups in total. The van der Waals surface area contributed by atoms with E-state index in [9.17, 15) is 0 Å². The first-order valence-corrected chi connectivity index (χ1v) is 9.19. The molecule has 2 heterocycles. The number of hydrogen-bond donors (Lipinski definition) is 0. The fourth-order valence-corrected chi connectivity index (χ4v) is 3.54. The van der Waals surface area contributed by atoms with Crippen molar-refractivity contribution in [3.63, 3.8) is 0 Å². The molecule has 4 rings (SSSR count). The molecule has 2 aromatic carbocycles. The van der Waals surface area contributed by atoms with E-state index in [4.69, 9.17) is 9.47 Å². The van der Waals surface area contributed by atoms with Crippen molar-refractivity contribution < 1.29 is 9.47 Å². The molecule has 0 unspecified atom stereocenters. The van der Waals surface area contributed by atoms with Crippen LogP contribution in [0.15, 0.2) is 59.2 Å². The van der Waals surface area contributed by atoms with Crippen molar-refractivity contribution >= 4 is 21.6 Å². The molecule has 0 aliphatic carbocycles. The van der Waals surface area contributed by atoms with Crippen LogP contribution in [0.25, 0.3) is 0 Å². The predicted molar refractivity (Wildman–Crippen MR) is 102 cm³/mol. The van der Waals surface area contributed by atoms with Crippen molar-refractivity contribution in [2.75, 3.05) is 25.2 Å². The Bertz CT molecular complexity index is 899. The third-order valence-corrected chi connectivity index (χ3v) is 4.81. The van der Waals surface area contributed by atoms with Gasteiger partial charge in [-0.05, 0) is 29.8 Å². The highest BCUT2D eigenvalue weighted by Crippen LogP contribution is 2.32. The summed E-state index contributed by atoms with van der Waals surface area (Å²) in [5, 5.41) is 8.61. The summed E-state index contributed by atoms with van der Waals surface area (Å²) in [5.41, 5.74) is 3.02. The zero-order valence-electron chi connectivity index (χ0n) is 14.4. The standard InChI is InChI=1S/C19H19BrN4O2/c1-25-17-7-3-6-16(11-17)24-8-9-26-19(24)18-13-23(22-21-18)12-14-4-2-5-15(20)10-14/h2-7,10-11,13,19H,8-9,12H2,1H3/t19-/m1/s1. The van der Waals surface area contributed by atoms with Gasteiger partial charge in [0.2, 0.25) is 0 Å². The quantitative estimate of drug-likeness (QED) is 0.637. The maximum absolute atomic E-state index is 5.92. The summed E-state index contributed by atoms with van der Waals surface area (Å²) in [6.07, 6.45) is 1.71. The first kappa shape index (κ1) is 17.1. The second-order valence-corrected chi connectivity index (χ2v) is 7.00. The topological polar surface area (TPSA) is 52.4 Å². The highest BCUT2D eigenvalue weighted by molar-refractivity contribution is 9.10. The van der Waals surface area contributed by atoms with Crippen LogP contribution in [-0.2, 0) is 11.3 Å². The van der Waals surface area contributed by atoms with Crippen LogP contribution in [0.2, 0.25) is 0 Å². The van der Waals surface area contributed by atoms with Gasteiger partial charge >= 0.3 is 0 Å². The molecule has 1 aliphatic heterocycles. The summed E-state index contributed by atoms with van der Waals surface area (Å²) in [5.74, 6) is 0.825. The fraction of sp³-hybridized carbons (Fsp3) is 0.263. The van der Waals surface area contributed by atoms with Gasteiger partial charge in [0.1, 0.15) is 11.4 Å². The minimum atomic E-state index is -0.238. The van der Waals surface area contributed by atoms with Crippen LogP contribution < -0.4 is 9.64 Å². The van der Waals surface area contributed by atoms with E-state index in [0.717, 1.165) is 33.7 Å². The molecule has 0 spiro atoms. The Morgan fingerprint density at radius 3 is 2.96 bits per heavy atom. The van der Waals surface area contributed by atoms with Gasteiger partial charge in [-0.3, -0.25) is 0 Å². The second-order valence-electron chi connectivity index (χ2n) is 6.09. The van der Waals surface area contributed by atoms with E-state index >= 15 is 0 Å². The summed E-state index contributed by atoms with van der Waals surface area (Å²) >= 11 is 3.50. The number of halogens is 1. The largest absolute Gasteiger partial charge is 0.497 e. The number of benzene rings is 2. The Morgan fingerprint density at radius 1 is 1.23 bits per heavy atom. The average Bonchev–Trinajstić information content (AvgIpc) is 3.31. The number of hydrogen-bond acceptors (Lipinski definition) is 5. The number of aromatic nitrogens is 3. The molecule has 6 nitrogen and oxygen atoms in total. The van der Waals surface area contributed by atoms with Crippen molar-refractivity contribution in [2.45, 2.75) is 12.8 Å². The summed E-state index contributed by atoms with van der Waals surface area (Å²) < 4.78 is 14.1. The molecule has 1 aliphatic rings. The summed E-state index contributed by atoms with van der Waals surface area (Å²) in [7, 11) is 1.67. The van der Waals surface area contributed by atoms with E-state index in [-0.39, 0.29) is 6.23 Å². The van der Waals surface area contributed by atoms with Crippen LogP contribution >= 0.6 is 15.9 Å². The van der Waals surface area contributed by atoms with E-state index in [1.54, 1.807) is 7.11 Å². The average molecular weight is 415 g/mol. The zero-order chi connectivity index (χ0) is 17.9. The van der Waals surface area contributed by atoms with Gasteiger partial charge in [-0.15, -0.1) is 5.10 Å². The lowest BCUT2D eigenvalue weighted by molar-refractivity contribution is 0.110. The van der Waals surface area contributed by atoms with Gasteiger partial charge in [0.25, 0.3) is 0 Å². The normalized spacial score (nSPS) is 16.8. The van der Waals surface area contributed by atoms with E-state index in [1.165, 1.54) is 0 Å². The molecule has 0 saturated carbocycles. The first-order chi connectivity index (χ1) is 12.7. The number of nitrogens with zero attached hydrogens (tertiary/aromatic N) is 4. The predicted octanol–water partition coefficient (Wildman–Crippen LogP) is 3.63. The van der Waals surface area contributed by atoms with E-state index in [0.29, 0.717) is 13.2 Å². The van der Waals surface area contributed by atoms with Gasteiger partial charge in [-0.2, -0.15) is 0 Å². The van der Waals surface area contributed by atoms with Crippen molar-refractivity contribution in [1.82, 2.24) is 15.0 Å². The van der Waals surface area contributed by atoms with Gasteiger partial charge < -0.3 is 14.4 Å². The van der Waals surface area contributed by atoms with Gasteiger partial charge in [-0.25, -0.2) is 4.68 Å². The van der Waals surface area contributed by atoms with E-state index in [1.807, 2.05) is 41.2 Å². The lowest BCUT2D eigenvalue weighted by Crippen LogP contribution is -2.23. The Labute approximate surface area is 160 Å². The molecule has 1 atom stereocenters. The molecule has 7 heteroatoms. The Balaban J connectivity index is 1.54. The van der Waals surface area contributed by atoms with Crippen LogP contribution in [0.1, 0.15) is 17.5 Å². The minimum absolute atomic E-state index is 0.238. The molecule has 1 saturated heterocycles. The van der Waals surface area contributed by atoms with Crippen molar-refractivity contribution in [2.24, 2.45) is 0 Å². The summed E-state index contributed by atoms with van der Waals surface area (Å²) in [6.45, 7) is 2.12. The molecule has 3 aromatic rings. The highest BCUT2D eigenvalue weighted by Gasteiger charge is 2.29. The van der Waals surface area contributed by atoms with E-state index in [2.05, 4.69) is 49.3 Å². The van der Waals surface area contributed by atoms with Crippen LogP contribution in [0.4, 0.5) is 5.69 Å². The van der Waals surface area contributed by atoms with Gasteiger partial charge in [0.05, 0.1) is 26.5 Å². The van der Waals surface area contributed by atoms with Crippen molar-refractivity contribution in [3.8, 4) is 5.75 Å². The maximum Gasteiger partial charge on any atom is 0.177 e. The summed E-state index contributed by atoms with van der Waals surface area (Å²) in [4.78, 5) is 2.18. The third kappa shape index (κ3) is 3.59. The van der Waals surface area contributed by atoms with Crippen LogP contribution in [0.5, 0.6) is 5.75 Å². The lowest BCUT2D eigenvalue weighted by atomic mass is 10.2. The number of ether oxygens (including phenoxy) is 2. The molecule has 0 amide bonds. The number of anilines is 1. The molecular formula is C19H19BrN4O2. The van der Waals surface area contributed by atoms with Gasteiger partial charge in [-0.1, -0.05) is 39.3 Å². The van der Waals surface area contributed by atoms with E-state index < -0.39 is 0 Å². The number of methoxy groups -OCH3 is 1. The number of rotatable bonds is 5. The molecule has 0 radical (unpaired) electrons. The van der Waals surface area contributed by atoms with Crippen LogP contribution in [0, 0.1) is 0 Å². The second kappa shape index (κ2) is 7.47. The Hall–Kier alpha value is -2.38. The maximum atomic E-state index is 5.92. The van der Waals surface area contributed by atoms with Gasteiger partial charge in [0, 0.05) is 22.8 Å². The van der Waals surface area contributed by atoms with Crippen molar-refractivity contribution in [3.05, 3.63) is 70.5 Å². The Kier molecular flexibility index (Phi) is 4.90. The molecule has 26 heavy (non-hydrogen) atoms. The van der Waals surface area contributed by atoms with Gasteiger partial charge in [0.15, 0.2) is 6.23 Å².